The Morgan fingerprint density at radius 3 is 2.78 bits per heavy atom. The fraction of sp³-hybridized carbons (Fsp3) is 0.500. The van der Waals surface area contributed by atoms with E-state index in [4.69, 9.17) is 4.74 Å². The number of benzene rings is 1. The molecule has 0 amide bonds. The van der Waals surface area contributed by atoms with E-state index in [9.17, 15) is 4.79 Å². The van der Waals surface area contributed by atoms with Gasteiger partial charge in [-0.15, -0.1) is 0 Å². The standard InChI is InChI=1S/C14H20N2O2/c1-11(17)12-3-5-13(6-4-12)16-8-7-15-9-14(16)10-18-2/h3-6,14-15H,7-10H2,1-2H3. The number of ketones is 1. The average molecular weight is 248 g/mol. The predicted octanol–water partition coefficient (Wildman–Crippen LogP) is 1.31. The van der Waals surface area contributed by atoms with Gasteiger partial charge < -0.3 is 15.0 Å². The summed E-state index contributed by atoms with van der Waals surface area (Å²) in [5, 5.41) is 3.37. The molecule has 0 spiro atoms. The van der Waals surface area contributed by atoms with Gasteiger partial charge in [0.2, 0.25) is 0 Å². The summed E-state index contributed by atoms with van der Waals surface area (Å²) in [4.78, 5) is 13.6. The van der Waals surface area contributed by atoms with Gasteiger partial charge in [0.05, 0.1) is 12.6 Å². The molecule has 0 aliphatic carbocycles. The van der Waals surface area contributed by atoms with Crippen LogP contribution in [0.1, 0.15) is 17.3 Å². The molecule has 0 saturated carbocycles. The molecule has 0 radical (unpaired) electrons. The number of nitrogens with zero attached hydrogens (tertiary/aromatic N) is 1. The molecule has 1 atom stereocenters. The monoisotopic (exact) mass is 248 g/mol. The summed E-state index contributed by atoms with van der Waals surface area (Å²) < 4.78 is 5.26. The second-order valence-electron chi connectivity index (χ2n) is 4.61. The predicted molar refractivity (Wildman–Crippen MR) is 72.3 cm³/mol. The number of hydrogen-bond donors (Lipinski definition) is 1. The van der Waals surface area contributed by atoms with Crippen molar-refractivity contribution in [3.05, 3.63) is 29.8 Å². The van der Waals surface area contributed by atoms with Crippen molar-refractivity contribution in [3.63, 3.8) is 0 Å². The number of ether oxygens (including phenoxy) is 1. The summed E-state index contributed by atoms with van der Waals surface area (Å²) in [6.45, 7) is 5.18. The lowest BCUT2D eigenvalue weighted by atomic mass is 10.1. The quantitative estimate of drug-likeness (QED) is 0.816. The fourth-order valence-electron chi connectivity index (χ4n) is 2.33. The number of anilines is 1. The van der Waals surface area contributed by atoms with Crippen molar-refractivity contribution in [2.24, 2.45) is 0 Å². The highest BCUT2D eigenvalue weighted by Gasteiger charge is 2.22. The van der Waals surface area contributed by atoms with Crippen LogP contribution in [0, 0.1) is 0 Å². The van der Waals surface area contributed by atoms with E-state index in [0.717, 1.165) is 30.9 Å². The molecule has 1 N–H and O–H groups in total. The first-order valence-electron chi connectivity index (χ1n) is 6.29. The minimum Gasteiger partial charge on any atom is -0.383 e. The van der Waals surface area contributed by atoms with Gasteiger partial charge in [-0.05, 0) is 31.2 Å². The van der Waals surface area contributed by atoms with Gasteiger partial charge >= 0.3 is 0 Å². The average Bonchev–Trinajstić information content (AvgIpc) is 2.40. The topological polar surface area (TPSA) is 41.6 Å². The van der Waals surface area contributed by atoms with E-state index in [0.29, 0.717) is 12.6 Å². The lowest BCUT2D eigenvalue weighted by Crippen LogP contribution is -2.53. The van der Waals surface area contributed by atoms with Crippen molar-refractivity contribution in [2.75, 3.05) is 38.3 Å². The van der Waals surface area contributed by atoms with E-state index >= 15 is 0 Å². The first-order valence-corrected chi connectivity index (χ1v) is 6.29. The summed E-state index contributed by atoms with van der Waals surface area (Å²) in [5.74, 6) is 0.107. The Morgan fingerprint density at radius 1 is 1.44 bits per heavy atom. The maximum Gasteiger partial charge on any atom is 0.159 e. The third-order valence-electron chi connectivity index (χ3n) is 3.31. The summed E-state index contributed by atoms with van der Waals surface area (Å²) in [5.41, 5.74) is 1.92. The maximum atomic E-state index is 11.3. The molecule has 1 aromatic carbocycles. The zero-order valence-electron chi connectivity index (χ0n) is 11.0. The van der Waals surface area contributed by atoms with Crippen LogP contribution in [0.15, 0.2) is 24.3 Å². The van der Waals surface area contributed by atoms with Crippen molar-refractivity contribution < 1.29 is 9.53 Å². The highest BCUT2D eigenvalue weighted by Crippen LogP contribution is 2.19. The molecule has 1 aromatic rings. The second kappa shape index (κ2) is 5.98. The number of rotatable bonds is 4. The summed E-state index contributed by atoms with van der Waals surface area (Å²) in [6.07, 6.45) is 0. The van der Waals surface area contributed by atoms with Crippen LogP contribution in [-0.4, -0.2) is 45.2 Å². The molecule has 98 valence electrons. The van der Waals surface area contributed by atoms with Gasteiger partial charge in [-0.1, -0.05) is 0 Å². The van der Waals surface area contributed by atoms with Crippen LogP contribution in [0.3, 0.4) is 0 Å². The SMILES string of the molecule is COCC1CNCCN1c1ccc(C(C)=O)cc1. The van der Waals surface area contributed by atoms with Crippen LogP contribution in [0.25, 0.3) is 0 Å². The molecule has 1 saturated heterocycles. The smallest absolute Gasteiger partial charge is 0.159 e. The zero-order valence-corrected chi connectivity index (χ0v) is 11.0. The van der Waals surface area contributed by atoms with Crippen LogP contribution >= 0.6 is 0 Å². The Bertz CT molecular complexity index is 401. The molecule has 1 aliphatic heterocycles. The number of methoxy groups -OCH3 is 1. The Labute approximate surface area is 108 Å². The highest BCUT2D eigenvalue weighted by atomic mass is 16.5. The third-order valence-corrected chi connectivity index (χ3v) is 3.31. The van der Waals surface area contributed by atoms with Crippen LogP contribution in [-0.2, 0) is 4.74 Å². The van der Waals surface area contributed by atoms with Crippen molar-refractivity contribution in [3.8, 4) is 0 Å². The van der Waals surface area contributed by atoms with E-state index < -0.39 is 0 Å². The molecule has 1 heterocycles. The molecule has 4 nitrogen and oxygen atoms in total. The van der Waals surface area contributed by atoms with Gasteiger partial charge in [-0.3, -0.25) is 4.79 Å². The van der Waals surface area contributed by atoms with E-state index in [-0.39, 0.29) is 5.78 Å². The van der Waals surface area contributed by atoms with Gasteiger partial charge in [0.1, 0.15) is 0 Å². The minimum atomic E-state index is 0.107. The van der Waals surface area contributed by atoms with Crippen molar-refractivity contribution in [2.45, 2.75) is 13.0 Å². The zero-order chi connectivity index (χ0) is 13.0. The van der Waals surface area contributed by atoms with Gasteiger partial charge in [-0.2, -0.15) is 0 Å². The Balaban J connectivity index is 2.15. The molecule has 18 heavy (non-hydrogen) atoms. The number of carbonyl (C=O) groups is 1. The van der Waals surface area contributed by atoms with Gasteiger partial charge in [-0.25, -0.2) is 0 Å². The molecule has 1 aliphatic rings. The molecule has 2 rings (SSSR count). The molecule has 1 fully saturated rings. The van der Waals surface area contributed by atoms with Crippen molar-refractivity contribution >= 4 is 11.5 Å². The fourth-order valence-corrected chi connectivity index (χ4v) is 2.33. The number of piperazine rings is 1. The van der Waals surface area contributed by atoms with Gasteiger partial charge in [0, 0.05) is 38.0 Å². The number of Topliss-reactive ketones (excluding diaryl/α,β-unsaturated/α-hetero) is 1. The van der Waals surface area contributed by atoms with Crippen molar-refractivity contribution in [1.82, 2.24) is 5.32 Å². The number of nitrogens with one attached hydrogen (secondary N) is 1. The summed E-state index contributed by atoms with van der Waals surface area (Å²) >= 11 is 0. The lowest BCUT2D eigenvalue weighted by molar-refractivity contribution is 0.101. The maximum absolute atomic E-state index is 11.3. The van der Waals surface area contributed by atoms with E-state index in [2.05, 4.69) is 10.2 Å². The third kappa shape index (κ3) is 2.89. The molecule has 0 bridgehead atoms. The Kier molecular flexibility index (Phi) is 4.33. The van der Waals surface area contributed by atoms with E-state index in [1.807, 2.05) is 24.3 Å². The van der Waals surface area contributed by atoms with Gasteiger partial charge in [0.25, 0.3) is 0 Å². The van der Waals surface area contributed by atoms with Crippen LogP contribution in [0.4, 0.5) is 5.69 Å². The molecular formula is C14H20N2O2. The highest BCUT2D eigenvalue weighted by molar-refractivity contribution is 5.94. The number of hydrogen-bond acceptors (Lipinski definition) is 4. The minimum absolute atomic E-state index is 0.107. The van der Waals surface area contributed by atoms with Crippen molar-refractivity contribution in [1.29, 1.82) is 0 Å². The molecule has 0 aromatic heterocycles. The molecule has 4 heteroatoms. The Hall–Kier alpha value is -1.39. The lowest BCUT2D eigenvalue weighted by Gasteiger charge is -2.37. The van der Waals surface area contributed by atoms with Crippen LogP contribution in [0.2, 0.25) is 0 Å². The first-order chi connectivity index (χ1) is 8.72. The molecular weight excluding hydrogens is 228 g/mol. The van der Waals surface area contributed by atoms with Crippen LogP contribution in [0.5, 0.6) is 0 Å². The van der Waals surface area contributed by atoms with Crippen LogP contribution < -0.4 is 10.2 Å². The second-order valence-corrected chi connectivity index (χ2v) is 4.61. The number of carbonyl (C=O) groups excluding carboxylic acids is 1. The first kappa shape index (κ1) is 13.1. The normalized spacial score (nSPS) is 19.9. The van der Waals surface area contributed by atoms with E-state index in [1.165, 1.54) is 0 Å². The summed E-state index contributed by atoms with van der Waals surface area (Å²) in [6, 6.07) is 8.18. The summed E-state index contributed by atoms with van der Waals surface area (Å²) in [7, 11) is 1.73. The van der Waals surface area contributed by atoms with Gasteiger partial charge in [0.15, 0.2) is 5.78 Å². The van der Waals surface area contributed by atoms with E-state index in [1.54, 1.807) is 14.0 Å². The Morgan fingerprint density at radius 2 is 2.17 bits per heavy atom. The molecule has 1 unspecified atom stereocenters. The largest absolute Gasteiger partial charge is 0.383 e.